The van der Waals surface area contributed by atoms with Crippen LogP contribution in [0.2, 0.25) is 0 Å². The lowest BCUT2D eigenvalue weighted by atomic mass is 9.98. The smallest absolute Gasteiger partial charge is 0.107 e. The maximum Gasteiger partial charge on any atom is 0.107 e. The molecule has 0 aliphatic carbocycles. The molecule has 0 bridgehead atoms. The lowest BCUT2D eigenvalue weighted by molar-refractivity contribution is -0.0307. The molecule has 0 saturated carbocycles. The van der Waals surface area contributed by atoms with E-state index in [4.69, 9.17) is 9.47 Å². The molecule has 0 atom stereocenters. The molecule has 0 saturated heterocycles. The molecular weight excluding hydrogens is 188 g/mol. The van der Waals surface area contributed by atoms with Gasteiger partial charge in [-0.25, -0.2) is 0 Å². The number of hydrogen-bond donors (Lipinski definition) is 0. The molecule has 0 aromatic rings. The van der Waals surface area contributed by atoms with Gasteiger partial charge < -0.3 is 9.47 Å². The first-order valence-electron chi connectivity index (χ1n) is 5.42. The van der Waals surface area contributed by atoms with Gasteiger partial charge in [0.05, 0.1) is 18.8 Å². The lowest BCUT2D eigenvalue weighted by Gasteiger charge is -2.19. The van der Waals surface area contributed by atoms with E-state index in [1.54, 1.807) is 0 Å². The van der Waals surface area contributed by atoms with Crippen molar-refractivity contribution in [2.45, 2.75) is 47.1 Å². The van der Waals surface area contributed by atoms with E-state index in [0.29, 0.717) is 19.8 Å². The van der Waals surface area contributed by atoms with Crippen molar-refractivity contribution >= 4 is 0 Å². The molecule has 0 aromatic carbocycles. The highest BCUT2D eigenvalue weighted by atomic mass is 16.5. The Morgan fingerprint density at radius 3 is 2.00 bits per heavy atom. The van der Waals surface area contributed by atoms with E-state index in [1.165, 1.54) is 0 Å². The molecule has 2 heteroatoms. The van der Waals surface area contributed by atoms with Crippen LogP contribution in [0.1, 0.15) is 41.5 Å². The van der Waals surface area contributed by atoms with E-state index in [-0.39, 0.29) is 11.0 Å². The largest absolute Gasteiger partial charge is 0.373 e. The Bertz CT molecular complexity index is 220. The predicted molar refractivity (Wildman–Crippen MR) is 63.8 cm³/mol. The fourth-order valence-electron chi connectivity index (χ4n) is 0.831. The van der Waals surface area contributed by atoms with Crippen LogP contribution in [-0.4, -0.2) is 25.4 Å². The Labute approximate surface area is 94.3 Å². The van der Waals surface area contributed by atoms with Crippen LogP contribution in [0.25, 0.3) is 0 Å². The normalized spacial score (nSPS) is 12.1. The summed E-state index contributed by atoms with van der Waals surface area (Å²) in [5.41, 5.74) is -0.0221. The van der Waals surface area contributed by atoms with Crippen LogP contribution in [0.4, 0.5) is 0 Å². The highest BCUT2D eigenvalue weighted by molar-refractivity contribution is 5.07. The average Bonchev–Trinajstić information content (AvgIpc) is 1.98. The van der Waals surface area contributed by atoms with E-state index < -0.39 is 0 Å². The second-order valence-electron chi connectivity index (χ2n) is 5.57. The topological polar surface area (TPSA) is 18.5 Å². The average molecular weight is 212 g/mol. The molecule has 0 radical (unpaired) electrons. The van der Waals surface area contributed by atoms with Crippen molar-refractivity contribution in [2.24, 2.45) is 5.41 Å². The Morgan fingerprint density at radius 1 is 0.933 bits per heavy atom. The zero-order chi connectivity index (χ0) is 11.9. The number of ether oxygens (including phenoxy) is 2. The van der Waals surface area contributed by atoms with Gasteiger partial charge >= 0.3 is 0 Å². The van der Waals surface area contributed by atoms with Crippen molar-refractivity contribution < 1.29 is 9.47 Å². The Balaban J connectivity index is 3.44. The first-order chi connectivity index (χ1) is 6.71. The van der Waals surface area contributed by atoms with Crippen LogP contribution in [0.3, 0.4) is 0 Å². The molecule has 88 valence electrons. The van der Waals surface area contributed by atoms with Gasteiger partial charge in [0.2, 0.25) is 0 Å². The van der Waals surface area contributed by atoms with E-state index in [2.05, 4.69) is 32.6 Å². The highest BCUT2D eigenvalue weighted by Crippen LogP contribution is 2.09. The van der Waals surface area contributed by atoms with E-state index >= 15 is 0 Å². The monoisotopic (exact) mass is 212 g/mol. The maximum atomic E-state index is 5.50. The van der Waals surface area contributed by atoms with Crippen LogP contribution in [0, 0.1) is 17.3 Å². The second-order valence-corrected chi connectivity index (χ2v) is 5.57. The molecule has 0 unspecified atom stereocenters. The van der Waals surface area contributed by atoms with E-state index in [1.807, 2.05) is 20.8 Å². The Hall–Kier alpha value is -0.520. The molecule has 0 amide bonds. The summed E-state index contributed by atoms with van der Waals surface area (Å²) in [5.74, 6) is 6.11. The minimum atomic E-state index is -0.0829. The van der Waals surface area contributed by atoms with Gasteiger partial charge in [-0.3, -0.25) is 0 Å². The molecule has 0 aliphatic rings. The van der Waals surface area contributed by atoms with Gasteiger partial charge in [-0.15, -0.1) is 0 Å². The summed E-state index contributed by atoms with van der Waals surface area (Å²) in [5, 5.41) is 0. The summed E-state index contributed by atoms with van der Waals surface area (Å²) in [6, 6.07) is 0. The molecule has 0 heterocycles. The summed E-state index contributed by atoms with van der Waals surface area (Å²) in [6.07, 6.45) is 0. The maximum absolute atomic E-state index is 5.50. The molecule has 0 aliphatic heterocycles. The van der Waals surface area contributed by atoms with Gasteiger partial charge in [0, 0.05) is 5.41 Å². The number of rotatable bonds is 4. The molecule has 0 rings (SSSR count). The predicted octanol–water partition coefficient (Wildman–Crippen LogP) is 2.87. The standard InChI is InChI=1S/C13H24O2/c1-12(2,3)8-7-9-14-10-11-15-13(4,5)6/h9-11H2,1-6H3. The van der Waals surface area contributed by atoms with Crippen LogP contribution in [0.15, 0.2) is 0 Å². The minimum absolute atomic E-state index is 0.0608. The second kappa shape index (κ2) is 6.15. The molecule has 0 N–H and O–H groups in total. The first-order valence-corrected chi connectivity index (χ1v) is 5.42. The van der Waals surface area contributed by atoms with Gasteiger partial charge in [0.25, 0.3) is 0 Å². The van der Waals surface area contributed by atoms with Crippen molar-refractivity contribution in [3.05, 3.63) is 0 Å². The van der Waals surface area contributed by atoms with Crippen LogP contribution >= 0.6 is 0 Å². The van der Waals surface area contributed by atoms with Crippen molar-refractivity contribution in [3.8, 4) is 11.8 Å². The molecule has 0 fully saturated rings. The molecule has 0 spiro atoms. The van der Waals surface area contributed by atoms with Gasteiger partial charge in [-0.1, -0.05) is 11.8 Å². The highest BCUT2D eigenvalue weighted by Gasteiger charge is 2.08. The zero-order valence-corrected chi connectivity index (χ0v) is 10.9. The molecule has 2 nitrogen and oxygen atoms in total. The van der Waals surface area contributed by atoms with E-state index in [0.717, 1.165) is 0 Å². The molecular formula is C13H24O2. The third-order valence-corrected chi connectivity index (χ3v) is 1.40. The number of hydrogen-bond acceptors (Lipinski definition) is 2. The van der Waals surface area contributed by atoms with Crippen molar-refractivity contribution in [1.29, 1.82) is 0 Å². The van der Waals surface area contributed by atoms with Gasteiger partial charge in [0.1, 0.15) is 6.61 Å². The molecule has 0 aromatic heterocycles. The van der Waals surface area contributed by atoms with Crippen molar-refractivity contribution in [1.82, 2.24) is 0 Å². The fraction of sp³-hybridized carbons (Fsp3) is 0.846. The third kappa shape index (κ3) is 13.5. The fourth-order valence-corrected chi connectivity index (χ4v) is 0.831. The quantitative estimate of drug-likeness (QED) is 0.527. The first kappa shape index (κ1) is 14.5. The summed E-state index contributed by atoms with van der Waals surface area (Å²) in [7, 11) is 0. The minimum Gasteiger partial charge on any atom is -0.373 e. The van der Waals surface area contributed by atoms with Gasteiger partial charge in [-0.05, 0) is 41.5 Å². The summed E-state index contributed by atoms with van der Waals surface area (Å²) in [4.78, 5) is 0. The van der Waals surface area contributed by atoms with Crippen LogP contribution < -0.4 is 0 Å². The third-order valence-electron chi connectivity index (χ3n) is 1.40. The van der Waals surface area contributed by atoms with Crippen LogP contribution in [-0.2, 0) is 9.47 Å². The summed E-state index contributed by atoms with van der Waals surface area (Å²) >= 11 is 0. The zero-order valence-electron chi connectivity index (χ0n) is 10.9. The van der Waals surface area contributed by atoms with Crippen molar-refractivity contribution in [3.63, 3.8) is 0 Å². The van der Waals surface area contributed by atoms with Crippen LogP contribution in [0.5, 0.6) is 0 Å². The SMILES string of the molecule is CC(C)(C)C#CCOCCOC(C)(C)C. The lowest BCUT2D eigenvalue weighted by Crippen LogP contribution is -2.21. The summed E-state index contributed by atoms with van der Waals surface area (Å²) in [6.45, 7) is 14.1. The Kier molecular flexibility index (Phi) is 5.93. The van der Waals surface area contributed by atoms with Gasteiger partial charge in [0.15, 0.2) is 0 Å². The summed E-state index contributed by atoms with van der Waals surface area (Å²) < 4.78 is 10.8. The molecule has 15 heavy (non-hydrogen) atoms. The van der Waals surface area contributed by atoms with Gasteiger partial charge in [-0.2, -0.15) is 0 Å². The van der Waals surface area contributed by atoms with E-state index in [9.17, 15) is 0 Å². The van der Waals surface area contributed by atoms with Crippen molar-refractivity contribution in [2.75, 3.05) is 19.8 Å². The Morgan fingerprint density at radius 2 is 1.53 bits per heavy atom.